The molecule has 18 heavy (non-hydrogen) atoms. The highest BCUT2D eigenvalue weighted by molar-refractivity contribution is 9.10. The molecule has 0 radical (unpaired) electrons. The second-order valence-corrected chi connectivity index (χ2v) is 5.02. The van der Waals surface area contributed by atoms with Crippen LogP contribution in [0.4, 0.5) is 13.2 Å². The van der Waals surface area contributed by atoms with Crippen LogP contribution in [-0.4, -0.2) is 25.2 Å². The minimum atomic E-state index is -4.71. The molecule has 7 heteroatoms. The van der Waals surface area contributed by atoms with Crippen molar-refractivity contribution in [2.24, 2.45) is 0 Å². The first-order valence-corrected chi connectivity index (χ1v) is 5.89. The fraction of sp³-hybridized carbons (Fsp3) is 0.455. The van der Waals surface area contributed by atoms with Gasteiger partial charge in [0.05, 0.1) is 11.1 Å². The zero-order chi connectivity index (χ0) is 13.4. The minimum absolute atomic E-state index is 0.180. The van der Waals surface area contributed by atoms with Gasteiger partial charge in [-0.25, -0.2) is 0 Å². The molecular formula is C11H10BrF3O3. The summed E-state index contributed by atoms with van der Waals surface area (Å²) >= 11 is 3.00. The molecule has 1 aromatic rings. The third-order valence-electron chi connectivity index (χ3n) is 2.31. The summed E-state index contributed by atoms with van der Waals surface area (Å²) in [6.07, 6.45) is -4.71. The van der Waals surface area contributed by atoms with E-state index < -0.39 is 6.36 Å². The number of ether oxygens (including phenoxy) is 3. The smallest absolute Gasteiger partial charge is 0.490 e. The van der Waals surface area contributed by atoms with Gasteiger partial charge in [-0.05, 0) is 41.1 Å². The first-order valence-electron chi connectivity index (χ1n) is 5.09. The number of hydrogen-bond acceptors (Lipinski definition) is 3. The van der Waals surface area contributed by atoms with Crippen molar-refractivity contribution in [3.8, 4) is 11.5 Å². The molecule has 1 fully saturated rings. The highest BCUT2D eigenvalue weighted by Gasteiger charge is 2.40. The fourth-order valence-corrected chi connectivity index (χ4v) is 1.66. The van der Waals surface area contributed by atoms with E-state index in [9.17, 15) is 13.2 Å². The van der Waals surface area contributed by atoms with Crippen LogP contribution in [0.1, 0.15) is 6.92 Å². The van der Waals surface area contributed by atoms with Gasteiger partial charge in [0, 0.05) is 0 Å². The second-order valence-electron chi connectivity index (χ2n) is 4.17. The number of epoxide rings is 1. The SMILES string of the molecule is CC1(COc2ccc(OC(F)(F)F)c(Br)c2)CO1. The zero-order valence-electron chi connectivity index (χ0n) is 9.38. The van der Waals surface area contributed by atoms with Crippen LogP contribution in [0.15, 0.2) is 22.7 Å². The lowest BCUT2D eigenvalue weighted by Gasteiger charge is -2.13. The van der Waals surface area contributed by atoms with E-state index in [1.54, 1.807) is 0 Å². The maximum atomic E-state index is 12.0. The Hall–Kier alpha value is -0.950. The van der Waals surface area contributed by atoms with E-state index in [2.05, 4.69) is 20.7 Å². The maximum Gasteiger partial charge on any atom is 0.573 e. The van der Waals surface area contributed by atoms with Crippen molar-refractivity contribution in [3.63, 3.8) is 0 Å². The van der Waals surface area contributed by atoms with E-state index in [-0.39, 0.29) is 15.8 Å². The van der Waals surface area contributed by atoms with E-state index in [1.807, 2.05) is 6.92 Å². The summed E-state index contributed by atoms with van der Waals surface area (Å²) in [4.78, 5) is 0. The van der Waals surface area contributed by atoms with Crippen molar-refractivity contribution in [2.75, 3.05) is 13.2 Å². The Labute approximate surface area is 110 Å². The van der Waals surface area contributed by atoms with Crippen molar-refractivity contribution < 1.29 is 27.4 Å². The Morgan fingerprint density at radius 2 is 2.11 bits per heavy atom. The fourth-order valence-electron chi connectivity index (χ4n) is 1.22. The van der Waals surface area contributed by atoms with E-state index in [4.69, 9.17) is 9.47 Å². The van der Waals surface area contributed by atoms with Crippen LogP contribution in [-0.2, 0) is 4.74 Å². The maximum absolute atomic E-state index is 12.0. The van der Waals surface area contributed by atoms with Gasteiger partial charge < -0.3 is 14.2 Å². The van der Waals surface area contributed by atoms with Crippen molar-refractivity contribution in [3.05, 3.63) is 22.7 Å². The highest BCUT2D eigenvalue weighted by Crippen LogP contribution is 2.34. The van der Waals surface area contributed by atoms with Crippen molar-refractivity contribution in [2.45, 2.75) is 18.9 Å². The molecule has 1 unspecified atom stereocenters. The summed E-state index contributed by atoms with van der Waals surface area (Å²) < 4.78 is 50.7. The average Bonchev–Trinajstić information content (AvgIpc) is 2.96. The Kier molecular flexibility index (Phi) is 3.46. The largest absolute Gasteiger partial charge is 0.573 e. The van der Waals surface area contributed by atoms with Crippen LogP contribution >= 0.6 is 15.9 Å². The Morgan fingerprint density at radius 1 is 1.44 bits per heavy atom. The summed E-state index contributed by atoms with van der Waals surface area (Å²) in [7, 11) is 0. The number of rotatable bonds is 4. The molecule has 1 aliphatic heterocycles. The molecule has 0 amide bonds. The summed E-state index contributed by atoms with van der Waals surface area (Å²) in [6.45, 7) is 2.88. The van der Waals surface area contributed by atoms with Crippen LogP contribution < -0.4 is 9.47 Å². The van der Waals surface area contributed by atoms with Crippen LogP contribution in [0.5, 0.6) is 11.5 Å². The highest BCUT2D eigenvalue weighted by atomic mass is 79.9. The van der Waals surface area contributed by atoms with E-state index in [1.165, 1.54) is 18.2 Å². The third kappa shape index (κ3) is 3.78. The molecule has 1 aromatic carbocycles. The monoisotopic (exact) mass is 326 g/mol. The first kappa shape index (κ1) is 13.5. The average molecular weight is 327 g/mol. The quantitative estimate of drug-likeness (QED) is 0.793. The third-order valence-corrected chi connectivity index (χ3v) is 2.93. The van der Waals surface area contributed by atoms with Crippen LogP contribution in [0.25, 0.3) is 0 Å². The van der Waals surface area contributed by atoms with Gasteiger partial charge in [0.2, 0.25) is 0 Å². The molecule has 100 valence electrons. The molecule has 1 heterocycles. The van der Waals surface area contributed by atoms with Gasteiger partial charge in [-0.3, -0.25) is 0 Å². The summed E-state index contributed by atoms with van der Waals surface area (Å²) in [6, 6.07) is 4.04. The van der Waals surface area contributed by atoms with Gasteiger partial charge >= 0.3 is 6.36 Å². The number of halogens is 4. The Balaban J connectivity index is 2.00. The molecule has 2 rings (SSSR count). The molecule has 3 nitrogen and oxygen atoms in total. The molecule has 0 aromatic heterocycles. The van der Waals surface area contributed by atoms with Crippen molar-refractivity contribution >= 4 is 15.9 Å². The van der Waals surface area contributed by atoms with Crippen molar-refractivity contribution in [1.29, 1.82) is 0 Å². The molecule has 0 aliphatic carbocycles. The molecule has 0 N–H and O–H groups in total. The summed E-state index contributed by atoms with van der Waals surface area (Å²) in [5.41, 5.74) is -0.270. The standard InChI is InChI=1S/C11H10BrF3O3/c1-10(6-17-10)5-16-7-2-3-9(8(12)4-7)18-11(13,14)15/h2-4H,5-6H2,1H3. The molecular weight excluding hydrogens is 317 g/mol. The molecule has 0 spiro atoms. The predicted molar refractivity (Wildman–Crippen MR) is 60.7 cm³/mol. The minimum Gasteiger partial charge on any atom is -0.490 e. The lowest BCUT2D eigenvalue weighted by molar-refractivity contribution is -0.274. The molecule has 0 bridgehead atoms. The molecule has 1 atom stereocenters. The van der Waals surface area contributed by atoms with Crippen LogP contribution in [0, 0.1) is 0 Å². The number of hydrogen-bond donors (Lipinski definition) is 0. The van der Waals surface area contributed by atoms with Gasteiger partial charge in [0.1, 0.15) is 23.7 Å². The Bertz CT molecular complexity index is 444. The van der Waals surface area contributed by atoms with Gasteiger partial charge in [0.25, 0.3) is 0 Å². The summed E-state index contributed by atoms with van der Waals surface area (Å²) in [5.74, 6) is 0.150. The predicted octanol–water partition coefficient (Wildman–Crippen LogP) is 3.52. The molecule has 1 aliphatic rings. The van der Waals surface area contributed by atoms with Crippen LogP contribution in [0.2, 0.25) is 0 Å². The topological polar surface area (TPSA) is 31.0 Å². The number of alkyl halides is 3. The van der Waals surface area contributed by atoms with Gasteiger partial charge in [-0.1, -0.05) is 0 Å². The Morgan fingerprint density at radius 3 is 2.61 bits per heavy atom. The lowest BCUT2D eigenvalue weighted by Crippen LogP contribution is -2.18. The van der Waals surface area contributed by atoms with Gasteiger partial charge in [-0.2, -0.15) is 0 Å². The van der Waals surface area contributed by atoms with Crippen molar-refractivity contribution in [1.82, 2.24) is 0 Å². The lowest BCUT2D eigenvalue weighted by atomic mass is 10.2. The van der Waals surface area contributed by atoms with E-state index in [0.29, 0.717) is 19.0 Å². The zero-order valence-corrected chi connectivity index (χ0v) is 11.0. The summed E-state index contributed by atoms with van der Waals surface area (Å²) in [5, 5.41) is 0. The normalized spacial score (nSPS) is 22.7. The first-order chi connectivity index (χ1) is 8.27. The van der Waals surface area contributed by atoms with E-state index in [0.717, 1.165) is 0 Å². The van der Waals surface area contributed by atoms with Gasteiger partial charge in [0.15, 0.2) is 0 Å². The molecule has 0 saturated carbocycles. The van der Waals surface area contributed by atoms with E-state index >= 15 is 0 Å². The molecule has 1 saturated heterocycles. The number of benzene rings is 1. The van der Waals surface area contributed by atoms with Gasteiger partial charge in [-0.15, -0.1) is 13.2 Å². The van der Waals surface area contributed by atoms with Crippen LogP contribution in [0.3, 0.4) is 0 Å². The second kappa shape index (κ2) is 4.62.